The zero-order valence-electron chi connectivity index (χ0n) is 29.4. The number of ether oxygens (including phenoxy) is 2. The first-order valence-electron chi connectivity index (χ1n) is 17.8. The van der Waals surface area contributed by atoms with Crippen molar-refractivity contribution in [3.63, 3.8) is 0 Å². The molecular formula is C42H49F3O6. The van der Waals surface area contributed by atoms with E-state index < -0.39 is 42.6 Å². The number of aliphatic hydroxyl groups excluding tert-OH is 2. The maximum atomic E-state index is 15.4. The van der Waals surface area contributed by atoms with Gasteiger partial charge in [0.1, 0.15) is 17.5 Å². The third kappa shape index (κ3) is 11.1. The second-order valence-corrected chi connectivity index (χ2v) is 13.6. The van der Waals surface area contributed by atoms with Crippen molar-refractivity contribution in [1.29, 1.82) is 0 Å². The molecule has 9 heteroatoms. The molecule has 0 spiro atoms. The van der Waals surface area contributed by atoms with Crippen LogP contribution < -0.4 is 0 Å². The number of rotatable bonds is 18. The molecule has 0 saturated heterocycles. The van der Waals surface area contributed by atoms with Gasteiger partial charge in [0.25, 0.3) is 0 Å². The molecule has 3 aromatic carbocycles. The average Bonchev–Trinajstić information content (AvgIpc) is 3.13. The molecule has 51 heavy (non-hydrogen) atoms. The Labute approximate surface area is 299 Å². The summed E-state index contributed by atoms with van der Waals surface area (Å²) in [6.45, 7) is 8.01. The summed E-state index contributed by atoms with van der Waals surface area (Å²) in [5.74, 6) is -2.82. The van der Waals surface area contributed by atoms with E-state index in [1.807, 2.05) is 24.3 Å². The maximum Gasteiger partial charge on any atom is 0.335 e. The summed E-state index contributed by atoms with van der Waals surface area (Å²) in [5, 5.41) is 18.3. The molecule has 0 radical (unpaired) electrons. The number of benzene rings is 3. The smallest absolute Gasteiger partial charge is 0.335 e. The Morgan fingerprint density at radius 2 is 1.35 bits per heavy atom. The Hall–Kier alpha value is -4.21. The number of hydrogen-bond donors (Lipinski definition) is 2. The molecule has 1 aliphatic carbocycles. The minimum Gasteiger partial charge on any atom is -0.462 e. The third-order valence-corrected chi connectivity index (χ3v) is 9.81. The summed E-state index contributed by atoms with van der Waals surface area (Å²) in [6, 6.07) is 14.8. The highest BCUT2D eigenvalue weighted by Gasteiger charge is 2.25. The number of hydrogen-bond acceptors (Lipinski definition) is 6. The van der Waals surface area contributed by atoms with Gasteiger partial charge < -0.3 is 19.7 Å². The molecular weight excluding hydrogens is 657 g/mol. The van der Waals surface area contributed by atoms with E-state index in [2.05, 4.69) is 20.1 Å². The minimum atomic E-state index is -0.704. The van der Waals surface area contributed by atoms with E-state index in [1.54, 1.807) is 12.1 Å². The fourth-order valence-corrected chi connectivity index (χ4v) is 6.66. The first-order chi connectivity index (χ1) is 24.5. The lowest BCUT2D eigenvalue weighted by Gasteiger charge is -2.30. The van der Waals surface area contributed by atoms with Crippen LogP contribution in [-0.2, 0) is 25.5 Å². The lowest BCUT2D eigenvalue weighted by Crippen LogP contribution is -2.24. The molecule has 0 heterocycles. The highest BCUT2D eigenvalue weighted by atomic mass is 19.1. The van der Waals surface area contributed by atoms with Gasteiger partial charge >= 0.3 is 11.9 Å². The quantitative estimate of drug-likeness (QED) is 0.0780. The van der Waals surface area contributed by atoms with Crippen LogP contribution in [0.1, 0.15) is 81.8 Å². The van der Waals surface area contributed by atoms with Crippen LogP contribution >= 0.6 is 0 Å². The van der Waals surface area contributed by atoms with E-state index in [1.165, 1.54) is 23.8 Å². The predicted molar refractivity (Wildman–Crippen MR) is 192 cm³/mol. The molecule has 0 bridgehead atoms. The van der Waals surface area contributed by atoms with Gasteiger partial charge in [-0.1, -0.05) is 69.3 Å². The fraction of sp³-hybridized carbons (Fsp3) is 0.429. The van der Waals surface area contributed by atoms with E-state index in [0.717, 1.165) is 51.4 Å². The number of halogens is 3. The molecule has 1 aliphatic rings. The van der Waals surface area contributed by atoms with Crippen molar-refractivity contribution < 1.29 is 42.4 Å². The van der Waals surface area contributed by atoms with Crippen LogP contribution in [0.3, 0.4) is 0 Å². The monoisotopic (exact) mass is 706 g/mol. The molecule has 2 N–H and O–H groups in total. The molecule has 6 nitrogen and oxygen atoms in total. The van der Waals surface area contributed by atoms with E-state index >= 15 is 4.39 Å². The van der Waals surface area contributed by atoms with Crippen LogP contribution in [-0.4, -0.2) is 48.6 Å². The Morgan fingerprint density at radius 3 is 1.88 bits per heavy atom. The summed E-state index contributed by atoms with van der Waals surface area (Å²) >= 11 is 0. The van der Waals surface area contributed by atoms with E-state index in [-0.39, 0.29) is 41.4 Å². The minimum absolute atomic E-state index is 0.00180. The number of unbranched alkanes of at least 4 members (excludes halogenated alkanes) is 2. The van der Waals surface area contributed by atoms with Crippen molar-refractivity contribution in [3.8, 4) is 22.3 Å². The number of carbonyl (C=O) groups excluding carboxylic acids is 2. The van der Waals surface area contributed by atoms with Gasteiger partial charge in [-0.2, -0.15) is 0 Å². The summed E-state index contributed by atoms with van der Waals surface area (Å²) in [7, 11) is 0. The lowest BCUT2D eigenvalue weighted by atomic mass is 9.76. The van der Waals surface area contributed by atoms with Crippen molar-refractivity contribution in [3.05, 3.63) is 107 Å². The zero-order valence-corrected chi connectivity index (χ0v) is 29.4. The fourth-order valence-electron chi connectivity index (χ4n) is 6.66. The Morgan fingerprint density at radius 1 is 0.784 bits per heavy atom. The summed E-state index contributed by atoms with van der Waals surface area (Å²) in [4.78, 5) is 24.0. The van der Waals surface area contributed by atoms with E-state index in [0.29, 0.717) is 41.4 Å². The molecule has 0 unspecified atom stereocenters. The Kier molecular flexibility index (Phi) is 15.1. The second-order valence-electron chi connectivity index (χ2n) is 13.6. The SMILES string of the molecule is C=C(CO)C(=O)OCC(CCC1CCC(c2ccc(-c3ccc(-c4c(F)cc(CCCCC)cc4F)cc3F)cc2)CC1)COC(=O)C(=C)CO. The third-order valence-electron chi connectivity index (χ3n) is 9.81. The van der Waals surface area contributed by atoms with Crippen LogP contribution in [0.2, 0.25) is 0 Å². The molecule has 0 amide bonds. The standard InChI is InChI=1S/C42H49F3O6/c1-4-5-6-7-30-20-38(44)40(39(45)21-30)35-18-19-36(37(43)22-35)34-16-14-33(15-17-34)32-12-10-29(11-13-32)8-9-31(25-50-41(48)27(2)23-46)26-51-42(49)28(3)24-47/h14-22,29,31-32,46-47H,2-13,23-26H2,1H3. The van der Waals surface area contributed by atoms with Crippen molar-refractivity contribution in [1.82, 2.24) is 0 Å². The van der Waals surface area contributed by atoms with Crippen molar-refractivity contribution >= 4 is 11.9 Å². The number of carbonyl (C=O) groups is 2. The maximum absolute atomic E-state index is 15.4. The first kappa shape index (κ1) is 39.6. The average molecular weight is 707 g/mol. The van der Waals surface area contributed by atoms with Gasteiger partial charge in [-0.05, 0) is 104 Å². The number of esters is 2. The van der Waals surface area contributed by atoms with Crippen LogP contribution in [0.4, 0.5) is 13.2 Å². The van der Waals surface area contributed by atoms with Crippen LogP contribution in [0.25, 0.3) is 22.3 Å². The summed E-state index contributed by atoms with van der Waals surface area (Å²) in [5.41, 5.74) is 2.64. The Balaban J connectivity index is 1.32. The van der Waals surface area contributed by atoms with Gasteiger partial charge in [0.2, 0.25) is 0 Å². The lowest BCUT2D eigenvalue weighted by molar-refractivity contribution is -0.144. The van der Waals surface area contributed by atoms with Gasteiger partial charge in [0.15, 0.2) is 0 Å². The number of aliphatic hydroxyl groups is 2. The topological polar surface area (TPSA) is 93.1 Å². The Bertz CT molecular complexity index is 1600. The van der Waals surface area contributed by atoms with E-state index in [9.17, 15) is 18.4 Å². The van der Waals surface area contributed by atoms with Crippen molar-refractivity contribution in [2.24, 2.45) is 11.8 Å². The van der Waals surface area contributed by atoms with Crippen molar-refractivity contribution in [2.45, 2.75) is 77.0 Å². The molecule has 3 aromatic rings. The number of aryl methyl sites for hydroxylation is 1. The normalized spacial score (nSPS) is 15.8. The second kappa shape index (κ2) is 19.4. The molecule has 0 aliphatic heterocycles. The van der Waals surface area contributed by atoms with Gasteiger partial charge in [0.05, 0.1) is 43.1 Å². The van der Waals surface area contributed by atoms with Crippen molar-refractivity contribution in [2.75, 3.05) is 26.4 Å². The molecule has 0 atom stereocenters. The summed E-state index contributed by atoms with van der Waals surface area (Å²) in [6.07, 6.45) is 8.89. The molecule has 4 rings (SSSR count). The molecule has 274 valence electrons. The predicted octanol–water partition coefficient (Wildman–Crippen LogP) is 9.02. The molecule has 1 fully saturated rings. The summed E-state index contributed by atoms with van der Waals surface area (Å²) < 4.78 is 55.8. The van der Waals surface area contributed by atoms with Gasteiger partial charge in [-0.3, -0.25) is 0 Å². The van der Waals surface area contributed by atoms with Crippen LogP contribution in [0.5, 0.6) is 0 Å². The zero-order chi connectivity index (χ0) is 36.9. The molecule has 0 aromatic heterocycles. The largest absolute Gasteiger partial charge is 0.462 e. The molecule has 1 saturated carbocycles. The van der Waals surface area contributed by atoms with Crippen LogP contribution in [0.15, 0.2) is 78.9 Å². The first-order valence-corrected chi connectivity index (χ1v) is 17.8. The van der Waals surface area contributed by atoms with Gasteiger partial charge in [0, 0.05) is 11.5 Å². The van der Waals surface area contributed by atoms with Gasteiger partial charge in [-0.15, -0.1) is 0 Å². The highest BCUT2D eigenvalue weighted by molar-refractivity contribution is 5.88. The highest BCUT2D eigenvalue weighted by Crippen LogP contribution is 2.39. The van der Waals surface area contributed by atoms with Crippen LogP contribution in [0, 0.1) is 29.3 Å². The van der Waals surface area contributed by atoms with E-state index in [4.69, 9.17) is 19.7 Å². The van der Waals surface area contributed by atoms with Gasteiger partial charge in [-0.25, -0.2) is 22.8 Å².